The fourth-order valence-corrected chi connectivity index (χ4v) is 2.44. The minimum atomic E-state index is -0.405. The van der Waals surface area contributed by atoms with E-state index in [2.05, 4.69) is 17.2 Å². The lowest BCUT2D eigenvalue weighted by atomic mass is 9.86. The van der Waals surface area contributed by atoms with Gasteiger partial charge in [-0.15, -0.1) is 0 Å². The first-order valence-corrected chi connectivity index (χ1v) is 6.12. The van der Waals surface area contributed by atoms with Gasteiger partial charge in [0.25, 0.3) is 0 Å². The molecule has 1 aliphatic heterocycles. The number of hydrogen-bond donors (Lipinski definition) is 2. The van der Waals surface area contributed by atoms with Crippen molar-refractivity contribution in [3.05, 3.63) is 30.1 Å². The van der Waals surface area contributed by atoms with Gasteiger partial charge in [0.1, 0.15) is 0 Å². The van der Waals surface area contributed by atoms with Crippen LogP contribution in [-0.4, -0.2) is 22.7 Å². The normalized spacial score (nSPS) is 27.6. The SMILES string of the molecule is CCC1CCNC(C(O)c2ccncc2)C1. The van der Waals surface area contributed by atoms with E-state index >= 15 is 0 Å². The lowest BCUT2D eigenvalue weighted by Crippen LogP contribution is -2.42. The van der Waals surface area contributed by atoms with Crippen molar-refractivity contribution in [2.24, 2.45) is 5.92 Å². The highest BCUT2D eigenvalue weighted by atomic mass is 16.3. The highest BCUT2D eigenvalue weighted by molar-refractivity contribution is 5.15. The topological polar surface area (TPSA) is 45.1 Å². The second-order valence-electron chi connectivity index (χ2n) is 4.58. The smallest absolute Gasteiger partial charge is 0.0944 e. The molecule has 16 heavy (non-hydrogen) atoms. The van der Waals surface area contributed by atoms with Crippen molar-refractivity contribution in [2.45, 2.75) is 38.3 Å². The predicted octanol–water partition coefficient (Wildman–Crippen LogP) is 1.89. The Balaban J connectivity index is 2.01. The third kappa shape index (κ3) is 2.60. The summed E-state index contributed by atoms with van der Waals surface area (Å²) in [4.78, 5) is 3.97. The molecule has 2 rings (SSSR count). The summed E-state index contributed by atoms with van der Waals surface area (Å²) in [6.07, 6.45) is 6.58. The molecule has 2 N–H and O–H groups in total. The Morgan fingerprint density at radius 2 is 2.25 bits per heavy atom. The molecule has 1 aromatic rings. The van der Waals surface area contributed by atoms with Crippen LogP contribution in [0.1, 0.15) is 37.9 Å². The molecule has 0 radical (unpaired) electrons. The number of aliphatic hydroxyl groups is 1. The van der Waals surface area contributed by atoms with Crippen molar-refractivity contribution in [3.8, 4) is 0 Å². The Hall–Kier alpha value is -0.930. The molecule has 1 fully saturated rings. The van der Waals surface area contributed by atoms with Crippen LogP contribution in [-0.2, 0) is 0 Å². The van der Waals surface area contributed by atoms with Gasteiger partial charge in [0.2, 0.25) is 0 Å². The summed E-state index contributed by atoms with van der Waals surface area (Å²) in [5.41, 5.74) is 0.962. The maximum absolute atomic E-state index is 10.3. The molecule has 1 aliphatic rings. The van der Waals surface area contributed by atoms with Crippen molar-refractivity contribution in [1.82, 2.24) is 10.3 Å². The average molecular weight is 220 g/mol. The number of piperidine rings is 1. The number of pyridine rings is 1. The molecule has 88 valence electrons. The van der Waals surface area contributed by atoms with E-state index in [1.165, 1.54) is 12.8 Å². The van der Waals surface area contributed by atoms with Crippen molar-refractivity contribution in [1.29, 1.82) is 0 Å². The zero-order chi connectivity index (χ0) is 11.4. The van der Waals surface area contributed by atoms with Crippen molar-refractivity contribution in [3.63, 3.8) is 0 Å². The molecule has 3 heteroatoms. The van der Waals surface area contributed by atoms with Gasteiger partial charge in [-0.2, -0.15) is 0 Å². The summed E-state index contributed by atoms with van der Waals surface area (Å²) < 4.78 is 0. The molecule has 0 spiro atoms. The molecule has 0 saturated carbocycles. The summed E-state index contributed by atoms with van der Waals surface area (Å²) in [5.74, 6) is 0.753. The minimum absolute atomic E-state index is 0.195. The van der Waals surface area contributed by atoms with Crippen LogP contribution in [0.4, 0.5) is 0 Å². The maximum Gasteiger partial charge on any atom is 0.0944 e. The number of nitrogens with zero attached hydrogens (tertiary/aromatic N) is 1. The monoisotopic (exact) mass is 220 g/mol. The lowest BCUT2D eigenvalue weighted by Gasteiger charge is -2.33. The summed E-state index contributed by atoms with van der Waals surface area (Å²) in [5, 5.41) is 13.7. The predicted molar refractivity (Wildman–Crippen MR) is 64.0 cm³/mol. The first-order valence-electron chi connectivity index (χ1n) is 6.12. The van der Waals surface area contributed by atoms with E-state index in [9.17, 15) is 5.11 Å². The Kier molecular flexibility index (Phi) is 3.91. The molecular formula is C13H20N2O. The van der Waals surface area contributed by atoms with Crippen LogP contribution < -0.4 is 5.32 Å². The Labute approximate surface area is 96.9 Å². The van der Waals surface area contributed by atoms with Crippen LogP contribution in [0.25, 0.3) is 0 Å². The molecule has 1 saturated heterocycles. The lowest BCUT2D eigenvalue weighted by molar-refractivity contribution is 0.0978. The average Bonchev–Trinajstić information content (AvgIpc) is 2.39. The summed E-state index contributed by atoms with van der Waals surface area (Å²) >= 11 is 0. The van der Waals surface area contributed by atoms with Gasteiger partial charge in [-0.25, -0.2) is 0 Å². The van der Waals surface area contributed by atoms with Crippen molar-refractivity contribution in [2.75, 3.05) is 6.54 Å². The largest absolute Gasteiger partial charge is 0.387 e. The molecular weight excluding hydrogens is 200 g/mol. The van der Waals surface area contributed by atoms with Crippen LogP contribution in [0.15, 0.2) is 24.5 Å². The van der Waals surface area contributed by atoms with Crippen LogP contribution in [0, 0.1) is 5.92 Å². The molecule has 2 heterocycles. The number of aromatic nitrogens is 1. The second-order valence-corrected chi connectivity index (χ2v) is 4.58. The highest BCUT2D eigenvalue weighted by Gasteiger charge is 2.26. The quantitative estimate of drug-likeness (QED) is 0.817. The molecule has 0 amide bonds. The van der Waals surface area contributed by atoms with E-state index in [-0.39, 0.29) is 6.04 Å². The molecule has 0 bridgehead atoms. The van der Waals surface area contributed by atoms with E-state index in [0.717, 1.165) is 24.4 Å². The number of hydrogen-bond acceptors (Lipinski definition) is 3. The van der Waals surface area contributed by atoms with E-state index < -0.39 is 6.10 Å². The van der Waals surface area contributed by atoms with E-state index in [0.29, 0.717) is 0 Å². The van der Waals surface area contributed by atoms with Gasteiger partial charge in [0.05, 0.1) is 6.10 Å². The van der Waals surface area contributed by atoms with Crippen LogP contribution in [0.5, 0.6) is 0 Å². The van der Waals surface area contributed by atoms with Crippen LogP contribution >= 0.6 is 0 Å². The van der Waals surface area contributed by atoms with Gasteiger partial charge in [-0.05, 0) is 43.0 Å². The standard InChI is InChI=1S/C13H20N2O/c1-2-10-3-8-15-12(9-10)13(16)11-4-6-14-7-5-11/h4-7,10,12-13,15-16H,2-3,8-9H2,1H3. The number of aliphatic hydroxyl groups excluding tert-OH is 1. The molecule has 3 atom stereocenters. The number of rotatable bonds is 3. The van der Waals surface area contributed by atoms with Gasteiger partial charge < -0.3 is 10.4 Å². The zero-order valence-corrected chi connectivity index (χ0v) is 9.76. The fourth-order valence-electron chi connectivity index (χ4n) is 2.44. The van der Waals surface area contributed by atoms with Crippen molar-refractivity contribution < 1.29 is 5.11 Å². The van der Waals surface area contributed by atoms with Gasteiger partial charge in [-0.1, -0.05) is 13.3 Å². The van der Waals surface area contributed by atoms with E-state index in [1.807, 2.05) is 12.1 Å². The van der Waals surface area contributed by atoms with Crippen LogP contribution in [0.2, 0.25) is 0 Å². The van der Waals surface area contributed by atoms with Gasteiger partial charge in [0.15, 0.2) is 0 Å². The Bertz CT molecular complexity index is 315. The van der Waals surface area contributed by atoms with Crippen LogP contribution in [0.3, 0.4) is 0 Å². The minimum Gasteiger partial charge on any atom is -0.387 e. The van der Waals surface area contributed by atoms with Crippen molar-refractivity contribution >= 4 is 0 Å². The molecule has 1 aromatic heterocycles. The summed E-state index contributed by atoms with van der Waals surface area (Å²) in [6.45, 7) is 3.25. The van der Waals surface area contributed by atoms with Gasteiger partial charge >= 0.3 is 0 Å². The third-order valence-corrected chi connectivity index (χ3v) is 3.55. The Morgan fingerprint density at radius 3 is 2.94 bits per heavy atom. The fraction of sp³-hybridized carbons (Fsp3) is 0.615. The molecule has 3 unspecified atom stereocenters. The van der Waals surface area contributed by atoms with Gasteiger partial charge in [-0.3, -0.25) is 4.98 Å². The third-order valence-electron chi connectivity index (χ3n) is 3.55. The second kappa shape index (κ2) is 5.41. The Morgan fingerprint density at radius 1 is 1.50 bits per heavy atom. The first-order chi connectivity index (χ1) is 7.81. The molecule has 3 nitrogen and oxygen atoms in total. The molecule has 0 aromatic carbocycles. The maximum atomic E-state index is 10.3. The highest BCUT2D eigenvalue weighted by Crippen LogP contribution is 2.27. The molecule has 0 aliphatic carbocycles. The van der Waals surface area contributed by atoms with E-state index in [4.69, 9.17) is 0 Å². The number of nitrogens with one attached hydrogen (secondary N) is 1. The zero-order valence-electron chi connectivity index (χ0n) is 9.76. The van der Waals surface area contributed by atoms with Gasteiger partial charge in [0, 0.05) is 18.4 Å². The van der Waals surface area contributed by atoms with E-state index in [1.54, 1.807) is 12.4 Å². The summed E-state index contributed by atoms with van der Waals surface area (Å²) in [6, 6.07) is 3.98. The summed E-state index contributed by atoms with van der Waals surface area (Å²) in [7, 11) is 0. The first kappa shape index (κ1) is 11.6.